The van der Waals surface area contributed by atoms with Crippen molar-refractivity contribution in [2.45, 2.75) is 13.8 Å². The number of aromatic nitrogens is 4. The average molecular weight is 335 g/mol. The fourth-order valence-electron chi connectivity index (χ4n) is 2.23. The fourth-order valence-corrected chi connectivity index (χ4v) is 2.23. The highest BCUT2D eigenvalue weighted by atomic mass is 16.5. The number of ether oxygens (including phenoxy) is 1. The predicted octanol–water partition coefficient (Wildman–Crippen LogP) is 3.16. The van der Waals surface area contributed by atoms with E-state index >= 15 is 0 Å². The zero-order chi connectivity index (χ0) is 17.6. The van der Waals surface area contributed by atoms with Crippen LogP contribution in [0.5, 0.6) is 0 Å². The molecule has 2 aromatic heterocycles. The quantitative estimate of drug-likeness (QED) is 0.716. The molecule has 3 aromatic rings. The van der Waals surface area contributed by atoms with Crippen LogP contribution < -0.4 is 5.32 Å². The summed E-state index contributed by atoms with van der Waals surface area (Å²) in [5, 5.41) is 3.15. The maximum absolute atomic E-state index is 11.9. The molecular formula is C18H17N5O2. The van der Waals surface area contributed by atoms with Gasteiger partial charge in [-0.05, 0) is 37.6 Å². The van der Waals surface area contributed by atoms with Crippen molar-refractivity contribution in [3.63, 3.8) is 0 Å². The number of hydrogen-bond acceptors (Lipinski definition) is 7. The molecule has 0 amide bonds. The van der Waals surface area contributed by atoms with Gasteiger partial charge in [0.15, 0.2) is 0 Å². The minimum atomic E-state index is -0.360. The highest BCUT2D eigenvalue weighted by Gasteiger charge is 2.10. The van der Waals surface area contributed by atoms with Gasteiger partial charge in [0.2, 0.25) is 5.95 Å². The molecule has 7 heteroatoms. The lowest BCUT2D eigenvalue weighted by atomic mass is 10.1. The van der Waals surface area contributed by atoms with Crippen LogP contribution in [0.2, 0.25) is 0 Å². The number of rotatable bonds is 5. The number of carbonyl (C=O) groups is 1. The molecule has 2 heterocycles. The molecule has 7 nitrogen and oxygen atoms in total. The van der Waals surface area contributed by atoms with E-state index in [-0.39, 0.29) is 5.97 Å². The van der Waals surface area contributed by atoms with Crippen molar-refractivity contribution < 1.29 is 9.53 Å². The number of anilines is 2. The zero-order valence-corrected chi connectivity index (χ0v) is 13.9. The number of aryl methyl sites for hydroxylation is 1. The third-order valence-electron chi connectivity index (χ3n) is 3.51. The lowest BCUT2D eigenvalue weighted by molar-refractivity contribution is 0.0526. The topological polar surface area (TPSA) is 89.9 Å². The van der Waals surface area contributed by atoms with Crippen LogP contribution in [0.25, 0.3) is 11.3 Å². The zero-order valence-electron chi connectivity index (χ0n) is 13.9. The molecule has 0 saturated heterocycles. The Kier molecular flexibility index (Phi) is 4.94. The van der Waals surface area contributed by atoms with Gasteiger partial charge < -0.3 is 10.1 Å². The number of nitrogens with zero attached hydrogens (tertiary/aromatic N) is 4. The summed E-state index contributed by atoms with van der Waals surface area (Å²) in [7, 11) is 0. The van der Waals surface area contributed by atoms with Crippen molar-refractivity contribution in [1.29, 1.82) is 0 Å². The molecule has 0 spiro atoms. The van der Waals surface area contributed by atoms with Gasteiger partial charge in [-0.3, -0.25) is 0 Å². The first-order valence-corrected chi connectivity index (χ1v) is 7.80. The molecule has 1 aromatic carbocycles. The first-order chi connectivity index (χ1) is 12.2. The molecule has 0 fully saturated rings. The molecule has 3 rings (SSSR count). The normalized spacial score (nSPS) is 10.3. The second-order valence-corrected chi connectivity index (χ2v) is 5.27. The van der Waals surface area contributed by atoms with Crippen molar-refractivity contribution in [1.82, 2.24) is 19.9 Å². The predicted molar refractivity (Wildman–Crippen MR) is 93.5 cm³/mol. The van der Waals surface area contributed by atoms with E-state index in [9.17, 15) is 4.79 Å². The Labute approximate surface area is 145 Å². The summed E-state index contributed by atoms with van der Waals surface area (Å²) in [6.45, 7) is 4.05. The van der Waals surface area contributed by atoms with Crippen molar-refractivity contribution in [2.24, 2.45) is 0 Å². The lowest BCUT2D eigenvalue weighted by Gasteiger charge is -2.11. The second kappa shape index (κ2) is 7.48. The summed E-state index contributed by atoms with van der Waals surface area (Å²) in [5.41, 5.74) is 3.68. The highest BCUT2D eigenvalue weighted by molar-refractivity contribution is 5.91. The first kappa shape index (κ1) is 16.5. The minimum Gasteiger partial charge on any atom is -0.462 e. The molecule has 25 heavy (non-hydrogen) atoms. The Hall–Kier alpha value is -3.35. The Morgan fingerprint density at radius 2 is 2.00 bits per heavy atom. The number of benzene rings is 1. The first-order valence-electron chi connectivity index (χ1n) is 7.80. The summed E-state index contributed by atoms with van der Waals surface area (Å²) < 4.78 is 5.04. The monoisotopic (exact) mass is 335 g/mol. The maximum atomic E-state index is 11.9. The van der Waals surface area contributed by atoms with Crippen LogP contribution in [-0.4, -0.2) is 32.5 Å². The molecule has 0 aliphatic rings. The summed E-state index contributed by atoms with van der Waals surface area (Å²) in [6, 6.07) is 7.10. The van der Waals surface area contributed by atoms with Crippen LogP contribution in [0.1, 0.15) is 22.8 Å². The molecule has 0 aliphatic carbocycles. The lowest BCUT2D eigenvalue weighted by Crippen LogP contribution is -2.06. The van der Waals surface area contributed by atoms with E-state index < -0.39 is 0 Å². The standard InChI is InChI=1S/C18H17N5O2/c1-3-25-17(24)13-5-4-12(2)16(8-13)23-18-21-7-6-15(22-18)14-9-19-11-20-10-14/h4-11H,3H2,1-2H3,(H,21,22,23). The van der Waals surface area contributed by atoms with E-state index in [1.165, 1.54) is 6.33 Å². The van der Waals surface area contributed by atoms with E-state index in [1.54, 1.807) is 43.7 Å². The summed E-state index contributed by atoms with van der Waals surface area (Å²) >= 11 is 0. The fraction of sp³-hybridized carbons (Fsp3) is 0.167. The van der Waals surface area contributed by atoms with Crippen LogP contribution >= 0.6 is 0 Å². The molecule has 0 radical (unpaired) electrons. The van der Waals surface area contributed by atoms with Crippen molar-refractivity contribution in [3.8, 4) is 11.3 Å². The van der Waals surface area contributed by atoms with Gasteiger partial charge in [-0.1, -0.05) is 6.07 Å². The van der Waals surface area contributed by atoms with Crippen LogP contribution in [0.3, 0.4) is 0 Å². The third-order valence-corrected chi connectivity index (χ3v) is 3.51. The smallest absolute Gasteiger partial charge is 0.338 e. The summed E-state index contributed by atoms with van der Waals surface area (Å²) in [6.07, 6.45) is 6.49. The van der Waals surface area contributed by atoms with E-state index in [4.69, 9.17) is 4.74 Å². The second-order valence-electron chi connectivity index (χ2n) is 5.27. The maximum Gasteiger partial charge on any atom is 0.338 e. The van der Waals surface area contributed by atoms with E-state index in [1.807, 2.05) is 13.0 Å². The minimum absolute atomic E-state index is 0.333. The number of esters is 1. The molecule has 0 atom stereocenters. The van der Waals surface area contributed by atoms with Crippen LogP contribution in [0.4, 0.5) is 11.6 Å². The van der Waals surface area contributed by atoms with Crippen LogP contribution in [-0.2, 0) is 4.74 Å². The number of nitrogens with one attached hydrogen (secondary N) is 1. The molecule has 0 aliphatic heterocycles. The number of carbonyl (C=O) groups excluding carboxylic acids is 1. The largest absolute Gasteiger partial charge is 0.462 e. The van der Waals surface area contributed by atoms with Crippen molar-refractivity contribution in [2.75, 3.05) is 11.9 Å². The molecule has 0 saturated carbocycles. The Morgan fingerprint density at radius 3 is 2.76 bits per heavy atom. The van der Waals surface area contributed by atoms with E-state index in [0.29, 0.717) is 23.8 Å². The average Bonchev–Trinajstić information content (AvgIpc) is 2.65. The van der Waals surface area contributed by atoms with E-state index in [0.717, 1.165) is 16.8 Å². The van der Waals surface area contributed by atoms with Gasteiger partial charge >= 0.3 is 5.97 Å². The van der Waals surface area contributed by atoms with Crippen molar-refractivity contribution >= 4 is 17.6 Å². The van der Waals surface area contributed by atoms with Gasteiger partial charge in [0.05, 0.1) is 17.9 Å². The van der Waals surface area contributed by atoms with Crippen LogP contribution in [0, 0.1) is 6.92 Å². The van der Waals surface area contributed by atoms with Gasteiger partial charge in [-0.25, -0.2) is 24.7 Å². The van der Waals surface area contributed by atoms with Crippen molar-refractivity contribution in [3.05, 3.63) is 60.3 Å². The molecule has 0 bridgehead atoms. The van der Waals surface area contributed by atoms with Gasteiger partial charge in [0.25, 0.3) is 0 Å². The Bertz CT molecular complexity index is 884. The van der Waals surface area contributed by atoms with Gasteiger partial charge in [0, 0.05) is 29.8 Å². The molecule has 126 valence electrons. The Morgan fingerprint density at radius 1 is 1.20 bits per heavy atom. The van der Waals surface area contributed by atoms with Crippen LogP contribution in [0.15, 0.2) is 49.2 Å². The van der Waals surface area contributed by atoms with Gasteiger partial charge in [0.1, 0.15) is 6.33 Å². The molecule has 1 N–H and O–H groups in total. The summed E-state index contributed by atoms with van der Waals surface area (Å²) in [5.74, 6) is 0.0621. The number of hydrogen-bond donors (Lipinski definition) is 1. The van der Waals surface area contributed by atoms with Gasteiger partial charge in [-0.2, -0.15) is 0 Å². The Balaban J connectivity index is 1.87. The summed E-state index contributed by atoms with van der Waals surface area (Å²) in [4.78, 5) is 28.6. The SMILES string of the molecule is CCOC(=O)c1ccc(C)c(Nc2nccc(-c3cncnc3)n2)c1. The third kappa shape index (κ3) is 3.95. The van der Waals surface area contributed by atoms with Gasteiger partial charge in [-0.15, -0.1) is 0 Å². The molecular weight excluding hydrogens is 318 g/mol. The molecule has 0 unspecified atom stereocenters. The van der Waals surface area contributed by atoms with E-state index in [2.05, 4.69) is 25.3 Å². The highest BCUT2D eigenvalue weighted by Crippen LogP contribution is 2.22.